The van der Waals surface area contributed by atoms with Crippen LogP contribution in [0.1, 0.15) is 18.9 Å². The molecule has 1 N–H and O–H groups in total. The first-order chi connectivity index (χ1) is 10.1. The summed E-state index contributed by atoms with van der Waals surface area (Å²) < 4.78 is 6.54. The van der Waals surface area contributed by atoms with E-state index in [1.165, 1.54) is 23.1 Å². The molecule has 0 radical (unpaired) electrons. The molecule has 0 saturated heterocycles. The lowest BCUT2D eigenvalue weighted by Crippen LogP contribution is -2.32. The Balaban J connectivity index is 1.99. The van der Waals surface area contributed by atoms with Crippen LogP contribution < -0.4 is 10.1 Å². The van der Waals surface area contributed by atoms with Crippen molar-refractivity contribution in [3.63, 3.8) is 0 Å². The van der Waals surface area contributed by atoms with Gasteiger partial charge >= 0.3 is 0 Å². The van der Waals surface area contributed by atoms with Gasteiger partial charge in [-0.05, 0) is 31.7 Å². The standard InChI is InChI=1S/C14H17N3O2S2/c1-4-11(19-10-7-5-9(2)6-8-10)12(18)15-13-16-17-14(20-3)21-13/h5-8,11H,4H2,1-3H3,(H,15,16,18). The SMILES string of the molecule is CCC(Oc1ccc(C)cc1)C(=O)Nc1nnc(SC)s1. The lowest BCUT2D eigenvalue weighted by atomic mass is 10.2. The molecule has 0 aliphatic carbocycles. The summed E-state index contributed by atoms with van der Waals surface area (Å²) in [5, 5.41) is 11.1. The first-order valence-corrected chi connectivity index (χ1v) is 8.58. The van der Waals surface area contributed by atoms with E-state index in [9.17, 15) is 4.79 Å². The number of amides is 1. The Hall–Kier alpha value is -1.60. The molecule has 0 spiro atoms. The molecule has 1 atom stereocenters. The van der Waals surface area contributed by atoms with Gasteiger partial charge in [-0.15, -0.1) is 10.2 Å². The molecule has 1 aromatic heterocycles. The van der Waals surface area contributed by atoms with E-state index >= 15 is 0 Å². The van der Waals surface area contributed by atoms with Gasteiger partial charge in [-0.1, -0.05) is 47.7 Å². The van der Waals surface area contributed by atoms with Gasteiger partial charge in [-0.2, -0.15) is 0 Å². The number of nitrogens with one attached hydrogen (secondary N) is 1. The Labute approximate surface area is 132 Å². The van der Waals surface area contributed by atoms with E-state index in [1.54, 1.807) is 0 Å². The number of carbonyl (C=O) groups is 1. The fourth-order valence-electron chi connectivity index (χ4n) is 1.63. The third-order valence-corrected chi connectivity index (χ3v) is 4.59. The summed E-state index contributed by atoms with van der Waals surface area (Å²) >= 11 is 2.85. The lowest BCUT2D eigenvalue weighted by Gasteiger charge is -2.16. The monoisotopic (exact) mass is 323 g/mol. The number of aryl methyl sites for hydroxylation is 1. The number of hydrogen-bond donors (Lipinski definition) is 1. The quantitative estimate of drug-likeness (QED) is 0.652. The zero-order valence-electron chi connectivity index (χ0n) is 12.1. The van der Waals surface area contributed by atoms with Gasteiger partial charge in [0, 0.05) is 0 Å². The van der Waals surface area contributed by atoms with E-state index in [2.05, 4.69) is 15.5 Å². The zero-order valence-corrected chi connectivity index (χ0v) is 13.8. The molecule has 1 amide bonds. The fraction of sp³-hybridized carbons (Fsp3) is 0.357. The summed E-state index contributed by atoms with van der Waals surface area (Å²) in [6.45, 7) is 3.92. The van der Waals surface area contributed by atoms with Crippen molar-refractivity contribution < 1.29 is 9.53 Å². The van der Waals surface area contributed by atoms with E-state index in [-0.39, 0.29) is 5.91 Å². The molecule has 1 heterocycles. The topological polar surface area (TPSA) is 64.1 Å². The number of benzene rings is 1. The molecule has 112 valence electrons. The van der Waals surface area contributed by atoms with Crippen molar-refractivity contribution in [2.75, 3.05) is 11.6 Å². The fourth-order valence-corrected chi connectivity index (χ4v) is 2.80. The molecule has 1 aromatic carbocycles. The Morgan fingerprint density at radius 1 is 1.38 bits per heavy atom. The van der Waals surface area contributed by atoms with Gasteiger partial charge in [0.1, 0.15) is 5.75 Å². The Morgan fingerprint density at radius 3 is 2.67 bits per heavy atom. The number of carbonyl (C=O) groups excluding carboxylic acids is 1. The van der Waals surface area contributed by atoms with Crippen molar-refractivity contribution in [1.29, 1.82) is 0 Å². The molecule has 2 aromatic rings. The van der Waals surface area contributed by atoms with Crippen LogP contribution in [0.5, 0.6) is 5.75 Å². The highest BCUT2D eigenvalue weighted by molar-refractivity contribution is 8.00. The first-order valence-electron chi connectivity index (χ1n) is 6.54. The van der Waals surface area contributed by atoms with Gasteiger partial charge in [-0.25, -0.2) is 0 Å². The summed E-state index contributed by atoms with van der Waals surface area (Å²) in [7, 11) is 0. The van der Waals surface area contributed by atoms with Crippen LogP contribution in [0.4, 0.5) is 5.13 Å². The first kappa shape index (κ1) is 15.8. The lowest BCUT2D eigenvalue weighted by molar-refractivity contribution is -0.122. The molecular formula is C14H17N3O2S2. The second kappa shape index (κ2) is 7.42. The highest BCUT2D eigenvalue weighted by atomic mass is 32.2. The third-order valence-electron chi connectivity index (χ3n) is 2.77. The predicted molar refractivity (Wildman–Crippen MR) is 86.2 cm³/mol. The van der Waals surface area contributed by atoms with Gasteiger partial charge < -0.3 is 4.74 Å². The van der Waals surface area contributed by atoms with Crippen molar-refractivity contribution in [2.24, 2.45) is 0 Å². The minimum Gasteiger partial charge on any atom is -0.481 e. The number of thioether (sulfide) groups is 1. The molecule has 0 aliphatic rings. The smallest absolute Gasteiger partial charge is 0.267 e. The number of ether oxygens (including phenoxy) is 1. The molecule has 0 aliphatic heterocycles. The van der Waals surface area contributed by atoms with Crippen LogP contribution in [0.25, 0.3) is 0 Å². The molecule has 1 unspecified atom stereocenters. The highest BCUT2D eigenvalue weighted by Gasteiger charge is 2.20. The zero-order chi connectivity index (χ0) is 15.2. The van der Waals surface area contributed by atoms with Crippen molar-refractivity contribution in [3.05, 3.63) is 29.8 Å². The second-order valence-corrected chi connectivity index (χ2v) is 6.43. The number of anilines is 1. The van der Waals surface area contributed by atoms with Crippen molar-refractivity contribution in [1.82, 2.24) is 10.2 Å². The number of aromatic nitrogens is 2. The van der Waals surface area contributed by atoms with Crippen LogP contribution in [0.3, 0.4) is 0 Å². The summed E-state index contributed by atoms with van der Waals surface area (Å²) in [6, 6.07) is 7.63. The molecule has 0 fully saturated rings. The molecule has 2 rings (SSSR count). The predicted octanol–water partition coefficient (Wildman–Crippen LogP) is 3.36. The average molecular weight is 323 g/mol. The van der Waals surface area contributed by atoms with E-state index < -0.39 is 6.10 Å². The minimum atomic E-state index is -0.547. The molecule has 21 heavy (non-hydrogen) atoms. The van der Waals surface area contributed by atoms with Gasteiger partial charge in [0.25, 0.3) is 5.91 Å². The normalized spacial score (nSPS) is 12.0. The van der Waals surface area contributed by atoms with E-state index in [4.69, 9.17) is 4.74 Å². The van der Waals surface area contributed by atoms with Crippen LogP contribution in [0.2, 0.25) is 0 Å². The van der Waals surface area contributed by atoms with Crippen molar-refractivity contribution >= 4 is 34.1 Å². The Bertz CT molecular complexity index is 599. The van der Waals surface area contributed by atoms with Crippen LogP contribution in [0, 0.1) is 6.92 Å². The van der Waals surface area contributed by atoms with Gasteiger partial charge in [0.2, 0.25) is 5.13 Å². The van der Waals surface area contributed by atoms with Crippen molar-refractivity contribution in [2.45, 2.75) is 30.7 Å². The van der Waals surface area contributed by atoms with E-state index in [0.29, 0.717) is 17.3 Å². The Kier molecular flexibility index (Phi) is 5.58. The molecular weight excluding hydrogens is 306 g/mol. The summed E-state index contributed by atoms with van der Waals surface area (Å²) in [6.07, 6.45) is 1.95. The molecule has 5 nitrogen and oxygen atoms in total. The molecule has 0 bridgehead atoms. The highest BCUT2D eigenvalue weighted by Crippen LogP contribution is 2.23. The summed E-state index contributed by atoms with van der Waals surface area (Å²) in [5.74, 6) is 0.478. The van der Waals surface area contributed by atoms with Gasteiger partial charge in [0.15, 0.2) is 10.4 Å². The third kappa shape index (κ3) is 4.44. The van der Waals surface area contributed by atoms with Gasteiger partial charge in [-0.3, -0.25) is 10.1 Å². The molecule has 0 saturated carbocycles. The van der Waals surface area contributed by atoms with Crippen LogP contribution in [-0.2, 0) is 4.79 Å². The average Bonchev–Trinajstić information content (AvgIpc) is 2.94. The van der Waals surface area contributed by atoms with Crippen LogP contribution in [0.15, 0.2) is 28.6 Å². The van der Waals surface area contributed by atoms with Gasteiger partial charge in [0.05, 0.1) is 0 Å². The maximum Gasteiger partial charge on any atom is 0.267 e. The van der Waals surface area contributed by atoms with E-state index in [0.717, 1.165) is 9.90 Å². The second-order valence-electron chi connectivity index (χ2n) is 4.39. The van der Waals surface area contributed by atoms with Crippen LogP contribution in [-0.4, -0.2) is 28.5 Å². The number of hydrogen-bond acceptors (Lipinski definition) is 6. The summed E-state index contributed by atoms with van der Waals surface area (Å²) in [4.78, 5) is 12.2. The summed E-state index contributed by atoms with van der Waals surface area (Å²) in [5.41, 5.74) is 1.15. The number of nitrogens with zero attached hydrogens (tertiary/aromatic N) is 2. The maximum atomic E-state index is 12.2. The molecule has 7 heteroatoms. The van der Waals surface area contributed by atoms with E-state index in [1.807, 2.05) is 44.4 Å². The largest absolute Gasteiger partial charge is 0.481 e. The maximum absolute atomic E-state index is 12.2. The number of rotatable bonds is 6. The van der Waals surface area contributed by atoms with Crippen LogP contribution >= 0.6 is 23.1 Å². The minimum absolute atomic E-state index is 0.207. The Morgan fingerprint density at radius 2 is 2.10 bits per heavy atom. The van der Waals surface area contributed by atoms with Crippen molar-refractivity contribution in [3.8, 4) is 5.75 Å².